The molecule has 3 atom stereocenters. The molecule has 0 unspecified atom stereocenters. The minimum atomic E-state index is 0.472. The largest absolute Gasteiger partial charge is 0.379 e. The average molecular weight is 238 g/mol. The first-order chi connectivity index (χ1) is 7.78. The second-order valence-corrected chi connectivity index (χ2v) is 5.95. The maximum Gasteiger partial charge on any atom is 0.0897 e. The van der Waals surface area contributed by atoms with Crippen LogP contribution in [0.1, 0.15) is 23.5 Å². The summed E-state index contributed by atoms with van der Waals surface area (Å²) in [6, 6.07) is 0.636. The van der Waals surface area contributed by atoms with Gasteiger partial charge in [-0.2, -0.15) is 0 Å². The Hall–Kier alpha value is -0.450. The van der Waals surface area contributed by atoms with Crippen LogP contribution in [0.25, 0.3) is 0 Å². The number of nitrogens with zero attached hydrogens (tertiary/aromatic N) is 2. The molecule has 1 aliphatic carbocycles. The van der Waals surface area contributed by atoms with Crippen molar-refractivity contribution >= 4 is 11.3 Å². The quantitative estimate of drug-likeness (QED) is 0.806. The molecule has 88 valence electrons. The van der Waals surface area contributed by atoms with Crippen LogP contribution < -0.4 is 0 Å². The average Bonchev–Trinajstić information content (AvgIpc) is 2.92. The summed E-state index contributed by atoms with van der Waals surface area (Å²) in [5.74, 6) is 0.759. The molecule has 2 fully saturated rings. The maximum atomic E-state index is 5.61. The van der Waals surface area contributed by atoms with Crippen LogP contribution in [-0.2, 0) is 11.3 Å². The fourth-order valence-corrected chi connectivity index (χ4v) is 3.87. The molecular weight excluding hydrogens is 220 g/mol. The highest BCUT2D eigenvalue weighted by Gasteiger charge is 2.46. The molecule has 1 saturated heterocycles. The van der Waals surface area contributed by atoms with Crippen LogP contribution in [0.2, 0.25) is 0 Å². The number of fused-ring (bicyclic) bond motifs is 2. The smallest absolute Gasteiger partial charge is 0.0897 e. The summed E-state index contributed by atoms with van der Waals surface area (Å²) in [6.45, 7) is 4.27. The van der Waals surface area contributed by atoms with Crippen molar-refractivity contribution in [3.05, 3.63) is 16.1 Å². The molecule has 4 heteroatoms. The van der Waals surface area contributed by atoms with Crippen molar-refractivity contribution in [1.82, 2.24) is 9.88 Å². The lowest BCUT2D eigenvalue weighted by atomic mass is 10.1. The zero-order chi connectivity index (χ0) is 11.1. The highest BCUT2D eigenvalue weighted by atomic mass is 32.1. The predicted molar refractivity (Wildman–Crippen MR) is 64.6 cm³/mol. The van der Waals surface area contributed by atoms with E-state index < -0.39 is 0 Å². The third-order valence-corrected chi connectivity index (χ3v) is 4.74. The summed E-state index contributed by atoms with van der Waals surface area (Å²) in [5.41, 5.74) is 1.23. The molecule has 2 bridgehead atoms. The van der Waals surface area contributed by atoms with Crippen LogP contribution in [0.3, 0.4) is 0 Å². The Morgan fingerprint density at radius 1 is 1.56 bits per heavy atom. The Morgan fingerprint density at radius 3 is 3.06 bits per heavy atom. The molecule has 0 spiro atoms. The van der Waals surface area contributed by atoms with Gasteiger partial charge in [0.2, 0.25) is 0 Å². The number of methoxy groups -OCH3 is 1. The van der Waals surface area contributed by atoms with Gasteiger partial charge < -0.3 is 4.74 Å². The monoisotopic (exact) mass is 238 g/mol. The van der Waals surface area contributed by atoms with Gasteiger partial charge in [-0.25, -0.2) is 4.98 Å². The van der Waals surface area contributed by atoms with E-state index in [1.165, 1.54) is 30.1 Å². The highest BCUT2D eigenvalue weighted by molar-refractivity contribution is 7.09. The topological polar surface area (TPSA) is 25.4 Å². The number of likely N-dealkylation sites (tertiary alicyclic amines) is 1. The summed E-state index contributed by atoms with van der Waals surface area (Å²) in [4.78, 5) is 7.10. The lowest BCUT2D eigenvalue weighted by molar-refractivity contribution is 0.0679. The van der Waals surface area contributed by atoms with Gasteiger partial charge in [0.25, 0.3) is 0 Å². The van der Waals surface area contributed by atoms with E-state index in [2.05, 4.69) is 22.2 Å². The van der Waals surface area contributed by atoms with Crippen molar-refractivity contribution in [3.8, 4) is 0 Å². The molecule has 2 aliphatic rings. The summed E-state index contributed by atoms with van der Waals surface area (Å²) < 4.78 is 5.61. The van der Waals surface area contributed by atoms with Gasteiger partial charge in [-0.15, -0.1) is 11.3 Å². The molecule has 0 radical (unpaired) electrons. The van der Waals surface area contributed by atoms with E-state index >= 15 is 0 Å². The van der Waals surface area contributed by atoms with Crippen molar-refractivity contribution < 1.29 is 4.74 Å². The molecule has 0 amide bonds. The summed E-state index contributed by atoms with van der Waals surface area (Å²) in [6.07, 6.45) is 3.11. The fourth-order valence-electron chi connectivity index (χ4n) is 3.27. The van der Waals surface area contributed by atoms with Crippen LogP contribution in [0.5, 0.6) is 0 Å². The van der Waals surface area contributed by atoms with E-state index in [4.69, 9.17) is 4.74 Å². The molecule has 0 N–H and O–H groups in total. The molecule has 0 aromatic carbocycles. The summed E-state index contributed by atoms with van der Waals surface area (Å²) in [5, 5.41) is 3.35. The van der Waals surface area contributed by atoms with Crippen molar-refractivity contribution in [3.63, 3.8) is 0 Å². The Labute approximate surface area is 100 Å². The number of rotatable bonds is 3. The molecule has 3 rings (SSSR count). The zero-order valence-corrected chi connectivity index (χ0v) is 10.7. The van der Waals surface area contributed by atoms with Crippen molar-refractivity contribution in [2.45, 2.75) is 38.5 Å². The van der Waals surface area contributed by atoms with Gasteiger partial charge in [-0.1, -0.05) is 0 Å². The summed E-state index contributed by atoms with van der Waals surface area (Å²) in [7, 11) is 1.85. The lowest BCUT2D eigenvalue weighted by Crippen LogP contribution is -2.34. The molecule has 1 saturated carbocycles. The summed E-state index contributed by atoms with van der Waals surface area (Å²) >= 11 is 1.75. The van der Waals surface area contributed by atoms with Crippen LogP contribution in [0, 0.1) is 12.8 Å². The zero-order valence-electron chi connectivity index (χ0n) is 9.85. The van der Waals surface area contributed by atoms with E-state index in [0.29, 0.717) is 12.1 Å². The van der Waals surface area contributed by atoms with E-state index in [1.54, 1.807) is 11.3 Å². The number of piperidine rings is 1. The first-order valence-electron chi connectivity index (χ1n) is 5.96. The third kappa shape index (κ3) is 1.69. The fraction of sp³-hybridized carbons (Fsp3) is 0.750. The number of aromatic nitrogens is 1. The number of hydrogen-bond donors (Lipinski definition) is 0. The van der Waals surface area contributed by atoms with Gasteiger partial charge in [0.15, 0.2) is 0 Å². The van der Waals surface area contributed by atoms with Crippen molar-refractivity contribution in [2.24, 2.45) is 5.92 Å². The van der Waals surface area contributed by atoms with E-state index in [1.807, 2.05) is 7.11 Å². The standard InChI is InChI=1S/C12H18N2OS/c1-8-13-10(7-16-8)6-14-5-9-3-4-11(14)12(9)15-2/h7,9,11-12H,3-6H2,1-2H3/t9-,11+,12+/m0/s1. The molecular formula is C12H18N2OS. The Balaban J connectivity index is 1.69. The van der Waals surface area contributed by atoms with Gasteiger partial charge in [-0.3, -0.25) is 4.90 Å². The van der Waals surface area contributed by atoms with Crippen LogP contribution in [0.4, 0.5) is 0 Å². The van der Waals surface area contributed by atoms with Gasteiger partial charge >= 0.3 is 0 Å². The maximum absolute atomic E-state index is 5.61. The molecule has 1 aromatic heterocycles. The number of hydrogen-bond acceptors (Lipinski definition) is 4. The first kappa shape index (κ1) is 10.7. The number of ether oxygens (including phenoxy) is 1. The number of thiazole rings is 1. The third-order valence-electron chi connectivity index (χ3n) is 3.92. The molecule has 3 nitrogen and oxygen atoms in total. The number of aryl methyl sites for hydroxylation is 1. The van der Waals surface area contributed by atoms with E-state index in [9.17, 15) is 0 Å². The second-order valence-electron chi connectivity index (χ2n) is 4.89. The van der Waals surface area contributed by atoms with E-state index in [0.717, 1.165) is 12.5 Å². The SMILES string of the molecule is CO[C@@H]1[C@H]2CC[C@H]1N(Cc1csc(C)n1)C2. The van der Waals surface area contributed by atoms with Gasteiger partial charge in [-0.05, 0) is 25.7 Å². The van der Waals surface area contributed by atoms with Crippen LogP contribution in [0.15, 0.2) is 5.38 Å². The molecule has 1 aromatic rings. The van der Waals surface area contributed by atoms with Crippen molar-refractivity contribution in [2.75, 3.05) is 13.7 Å². The molecule has 1 aliphatic heterocycles. The Kier molecular flexibility index (Phi) is 2.73. The second kappa shape index (κ2) is 4.09. The van der Waals surface area contributed by atoms with Gasteiger partial charge in [0.1, 0.15) is 0 Å². The van der Waals surface area contributed by atoms with Gasteiger partial charge in [0, 0.05) is 31.6 Å². The molecule has 2 heterocycles. The van der Waals surface area contributed by atoms with Gasteiger partial charge in [0.05, 0.1) is 16.8 Å². The minimum Gasteiger partial charge on any atom is -0.379 e. The Morgan fingerprint density at radius 2 is 2.44 bits per heavy atom. The highest BCUT2D eigenvalue weighted by Crippen LogP contribution is 2.40. The van der Waals surface area contributed by atoms with Crippen LogP contribution >= 0.6 is 11.3 Å². The van der Waals surface area contributed by atoms with E-state index in [-0.39, 0.29) is 0 Å². The lowest BCUT2D eigenvalue weighted by Gasteiger charge is -2.25. The normalized spacial score (nSPS) is 33.8. The van der Waals surface area contributed by atoms with Crippen molar-refractivity contribution in [1.29, 1.82) is 0 Å². The van der Waals surface area contributed by atoms with Crippen LogP contribution in [-0.4, -0.2) is 35.7 Å². The predicted octanol–water partition coefficient (Wildman–Crippen LogP) is 2.06. The first-order valence-corrected chi connectivity index (χ1v) is 6.83. The minimum absolute atomic E-state index is 0.472. The Bertz CT molecular complexity index is 379. The molecule has 16 heavy (non-hydrogen) atoms.